The lowest BCUT2D eigenvalue weighted by atomic mass is 9.87. The van der Waals surface area contributed by atoms with E-state index in [4.69, 9.17) is 27.9 Å². The topological polar surface area (TPSA) is 32.8 Å². The van der Waals surface area contributed by atoms with Crippen LogP contribution in [0.15, 0.2) is 30.3 Å². The molecule has 160 valence electrons. The van der Waals surface area contributed by atoms with Crippen molar-refractivity contribution >= 4 is 34.9 Å². The second kappa shape index (κ2) is 8.78. The fraction of sp³-hybridized carbons (Fsp3) is 0.458. The summed E-state index contributed by atoms with van der Waals surface area (Å²) < 4.78 is 4.91. The maximum Gasteiger partial charge on any atom is 0.310 e. The molecule has 0 saturated carbocycles. The van der Waals surface area contributed by atoms with Gasteiger partial charge in [-0.3, -0.25) is 9.69 Å². The van der Waals surface area contributed by atoms with Gasteiger partial charge in [0.1, 0.15) is 0 Å². The lowest BCUT2D eigenvalue weighted by Gasteiger charge is -2.42. The Morgan fingerprint density at radius 2 is 1.73 bits per heavy atom. The minimum atomic E-state index is -0.0885. The van der Waals surface area contributed by atoms with Gasteiger partial charge in [-0.15, -0.1) is 0 Å². The van der Waals surface area contributed by atoms with E-state index < -0.39 is 0 Å². The third kappa shape index (κ3) is 4.18. The van der Waals surface area contributed by atoms with Gasteiger partial charge in [-0.25, -0.2) is 0 Å². The van der Waals surface area contributed by atoms with Gasteiger partial charge in [-0.1, -0.05) is 41.4 Å². The zero-order valence-electron chi connectivity index (χ0n) is 17.8. The molecule has 0 radical (unpaired) electrons. The number of halogens is 2. The Kier molecular flexibility index (Phi) is 6.29. The van der Waals surface area contributed by atoms with Crippen molar-refractivity contribution in [1.29, 1.82) is 0 Å². The molecule has 4 rings (SSSR count). The highest BCUT2D eigenvalue weighted by Gasteiger charge is 2.32. The number of nitrogens with zero attached hydrogens (tertiary/aromatic N) is 2. The predicted octanol–water partition coefficient (Wildman–Crippen LogP) is 5.21. The van der Waals surface area contributed by atoms with Gasteiger partial charge in [0.05, 0.1) is 28.8 Å². The molecule has 0 spiro atoms. The number of hydrogen-bond acceptors (Lipinski definition) is 4. The summed E-state index contributed by atoms with van der Waals surface area (Å²) in [7, 11) is 1.47. The Hall–Kier alpha value is -1.75. The Balaban J connectivity index is 1.42. The van der Waals surface area contributed by atoms with Crippen LogP contribution in [0.1, 0.15) is 34.6 Å². The standard InChI is InChI=1S/C24H28Cl2N2O2/c1-15-9-18(19-12-28(13-19)23-21(25)5-4-6-22(23)26)10-16(2)20(15)14-27-8-7-17(11-27)24(29)30-3/h4-6,9-10,17,19H,7-8,11-14H2,1-3H3/t17-/m1/s1. The van der Waals surface area contributed by atoms with E-state index in [-0.39, 0.29) is 11.9 Å². The van der Waals surface area contributed by atoms with Gasteiger partial charge in [-0.05, 0) is 61.2 Å². The van der Waals surface area contributed by atoms with Gasteiger partial charge < -0.3 is 9.64 Å². The normalized spacial score (nSPS) is 19.8. The smallest absolute Gasteiger partial charge is 0.310 e. The van der Waals surface area contributed by atoms with E-state index in [1.54, 1.807) is 0 Å². The average molecular weight is 447 g/mol. The van der Waals surface area contributed by atoms with Gasteiger partial charge >= 0.3 is 5.97 Å². The summed E-state index contributed by atoms with van der Waals surface area (Å²) in [5.74, 6) is 0.404. The Labute approximate surface area is 188 Å². The fourth-order valence-electron chi connectivity index (χ4n) is 4.73. The number of aryl methyl sites for hydroxylation is 2. The summed E-state index contributed by atoms with van der Waals surface area (Å²) in [6, 6.07) is 10.3. The van der Waals surface area contributed by atoms with E-state index in [1.807, 2.05) is 18.2 Å². The van der Waals surface area contributed by atoms with Crippen molar-refractivity contribution in [2.45, 2.75) is 32.7 Å². The number of hydrogen-bond donors (Lipinski definition) is 0. The summed E-state index contributed by atoms with van der Waals surface area (Å²) >= 11 is 12.7. The van der Waals surface area contributed by atoms with Gasteiger partial charge in [0.25, 0.3) is 0 Å². The molecule has 2 fully saturated rings. The van der Waals surface area contributed by atoms with E-state index >= 15 is 0 Å². The molecule has 2 aliphatic heterocycles. The molecule has 0 aliphatic carbocycles. The fourth-order valence-corrected chi connectivity index (χ4v) is 5.37. The molecule has 2 aliphatic rings. The number of para-hydroxylation sites is 1. The summed E-state index contributed by atoms with van der Waals surface area (Å²) in [5.41, 5.74) is 6.33. The summed E-state index contributed by atoms with van der Waals surface area (Å²) in [5, 5.41) is 1.42. The average Bonchev–Trinajstić information content (AvgIpc) is 3.14. The molecule has 1 atom stereocenters. The van der Waals surface area contributed by atoms with E-state index in [9.17, 15) is 4.79 Å². The van der Waals surface area contributed by atoms with Crippen LogP contribution in [0.25, 0.3) is 0 Å². The number of likely N-dealkylation sites (tertiary alicyclic amines) is 1. The number of benzene rings is 2. The van der Waals surface area contributed by atoms with Crippen molar-refractivity contribution in [2.75, 3.05) is 38.2 Å². The number of ether oxygens (including phenoxy) is 1. The van der Waals surface area contributed by atoms with Crippen LogP contribution in [0.4, 0.5) is 5.69 Å². The van der Waals surface area contributed by atoms with Gasteiger partial charge in [0.15, 0.2) is 0 Å². The number of anilines is 1. The third-order valence-corrected chi connectivity index (χ3v) is 7.12. The zero-order valence-corrected chi connectivity index (χ0v) is 19.3. The molecule has 2 heterocycles. The molecule has 2 aromatic carbocycles. The van der Waals surface area contributed by atoms with Crippen LogP contribution in [-0.2, 0) is 16.1 Å². The molecule has 0 N–H and O–H groups in total. The van der Waals surface area contributed by atoms with Crippen LogP contribution in [-0.4, -0.2) is 44.2 Å². The summed E-state index contributed by atoms with van der Waals surface area (Å²) in [4.78, 5) is 16.4. The lowest BCUT2D eigenvalue weighted by molar-refractivity contribution is -0.144. The van der Waals surface area contributed by atoms with Crippen LogP contribution >= 0.6 is 23.2 Å². The lowest BCUT2D eigenvalue weighted by Crippen LogP contribution is -2.45. The SMILES string of the molecule is COC(=O)[C@@H]1CCN(Cc2c(C)cc(C3CN(c4c(Cl)cccc4Cl)C3)cc2C)C1. The van der Waals surface area contributed by atoms with Crippen molar-refractivity contribution in [3.05, 3.63) is 62.6 Å². The predicted molar refractivity (Wildman–Crippen MR) is 123 cm³/mol. The molecule has 4 nitrogen and oxygen atoms in total. The van der Waals surface area contributed by atoms with Gasteiger partial charge in [0, 0.05) is 32.1 Å². The molecule has 6 heteroatoms. The molecule has 2 aromatic rings. The first-order chi connectivity index (χ1) is 14.4. The van der Waals surface area contributed by atoms with E-state index in [1.165, 1.54) is 29.4 Å². The molecule has 0 amide bonds. The van der Waals surface area contributed by atoms with Gasteiger partial charge in [0.2, 0.25) is 0 Å². The highest BCUT2D eigenvalue weighted by Crippen LogP contribution is 2.40. The molecule has 30 heavy (non-hydrogen) atoms. The molecule has 0 unspecified atom stereocenters. The number of methoxy groups -OCH3 is 1. The van der Waals surface area contributed by atoms with Gasteiger partial charge in [-0.2, -0.15) is 0 Å². The molecule has 0 bridgehead atoms. The van der Waals surface area contributed by atoms with Crippen LogP contribution in [0.5, 0.6) is 0 Å². The third-order valence-electron chi connectivity index (χ3n) is 6.51. The first-order valence-electron chi connectivity index (χ1n) is 10.5. The second-order valence-electron chi connectivity index (χ2n) is 8.55. The van der Waals surface area contributed by atoms with Crippen LogP contribution in [0.3, 0.4) is 0 Å². The van der Waals surface area contributed by atoms with E-state index in [0.717, 1.165) is 44.8 Å². The summed E-state index contributed by atoms with van der Waals surface area (Å²) in [6.45, 7) is 8.85. The molecular weight excluding hydrogens is 419 g/mol. The first kappa shape index (κ1) is 21.5. The number of esters is 1. The molecule has 0 aromatic heterocycles. The Morgan fingerprint density at radius 1 is 1.10 bits per heavy atom. The highest BCUT2D eigenvalue weighted by atomic mass is 35.5. The highest BCUT2D eigenvalue weighted by molar-refractivity contribution is 6.39. The van der Waals surface area contributed by atoms with E-state index in [2.05, 4.69) is 35.8 Å². The maximum atomic E-state index is 11.8. The van der Waals surface area contributed by atoms with Crippen LogP contribution in [0, 0.1) is 19.8 Å². The van der Waals surface area contributed by atoms with Crippen molar-refractivity contribution in [1.82, 2.24) is 4.90 Å². The van der Waals surface area contributed by atoms with Crippen LogP contribution < -0.4 is 4.90 Å². The quantitative estimate of drug-likeness (QED) is 0.590. The van der Waals surface area contributed by atoms with Crippen LogP contribution in [0.2, 0.25) is 10.0 Å². The minimum absolute atomic E-state index is 0.00693. The Bertz CT molecular complexity index is 913. The number of carbonyl (C=O) groups excluding carboxylic acids is 1. The van der Waals surface area contributed by atoms with Crippen molar-refractivity contribution in [3.63, 3.8) is 0 Å². The largest absolute Gasteiger partial charge is 0.469 e. The monoisotopic (exact) mass is 446 g/mol. The minimum Gasteiger partial charge on any atom is -0.469 e. The molecule has 2 saturated heterocycles. The maximum absolute atomic E-state index is 11.8. The first-order valence-corrected chi connectivity index (χ1v) is 11.2. The number of rotatable bonds is 5. The molecular formula is C24H28Cl2N2O2. The van der Waals surface area contributed by atoms with Crippen molar-refractivity contribution < 1.29 is 9.53 Å². The van der Waals surface area contributed by atoms with Crippen molar-refractivity contribution in [3.8, 4) is 0 Å². The number of carbonyl (C=O) groups is 1. The summed E-state index contributed by atoms with van der Waals surface area (Å²) in [6.07, 6.45) is 0.880. The second-order valence-corrected chi connectivity index (χ2v) is 9.36. The zero-order chi connectivity index (χ0) is 21.4. The Morgan fingerprint density at radius 3 is 2.33 bits per heavy atom. The van der Waals surface area contributed by atoms with E-state index in [0.29, 0.717) is 16.0 Å². The van der Waals surface area contributed by atoms with Crippen molar-refractivity contribution in [2.24, 2.45) is 5.92 Å².